The lowest BCUT2D eigenvalue weighted by Gasteiger charge is -2.22. The van der Waals surface area contributed by atoms with Crippen molar-refractivity contribution in [2.75, 3.05) is 10.8 Å². The maximum atomic E-state index is 13.3. The number of fused-ring (bicyclic) bond motifs is 1. The van der Waals surface area contributed by atoms with Crippen molar-refractivity contribution >= 4 is 43.9 Å². The van der Waals surface area contributed by atoms with Crippen LogP contribution in [0.2, 0.25) is 0 Å². The van der Waals surface area contributed by atoms with Gasteiger partial charge in [-0.2, -0.15) is 0 Å². The molecule has 4 aromatic rings. The van der Waals surface area contributed by atoms with Crippen LogP contribution < -0.4 is 4.31 Å². The molecule has 0 atom stereocenters. The zero-order valence-corrected chi connectivity index (χ0v) is 19.2. The van der Waals surface area contributed by atoms with Crippen LogP contribution in [0, 0.1) is 10.1 Å². The van der Waals surface area contributed by atoms with Crippen LogP contribution in [0.25, 0.3) is 10.9 Å². The van der Waals surface area contributed by atoms with E-state index < -0.39 is 27.4 Å². The third-order valence-corrected chi connectivity index (χ3v) is 7.04. The highest BCUT2D eigenvalue weighted by atomic mass is 32.2. The summed E-state index contributed by atoms with van der Waals surface area (Å²) in [6.45, 7) is -0.770. The Morgan fingerprint density at radius 1 is 1.06 bits per heavy atom. The Labute approximate surface area is 199 Å². The van der Waals surface area contributed by atoms with E-state index in [1.165, 1.54) is 47.0 Å². The number of anilines is 1. The summed E-state index contributed by atoms with van der Waals surface area (Å²) >= 11 is 0. The smallest absolute Gasteiger partial charge is 0.285 e. The van der Waals surface area contributed by atoms with Gasteiger partial charge in [0.1, 0.15) is 6.54 Å². The van der Waals surface area contributed by atoms with Gasteiger partial charge in [0.25, 0.3) is 21.6 Å². The molecule has 12 heteroatoms. The van der Waals surface area contributed by atoms with Gasteiger partial charge in [0, 0.05) is 24.6 Å². The largest absolute Gasteiger partial charge is 0.493 e. The van der Waals surface area contributed by atoms with Gasteiger partial charge in [0.2, 0.25) is 5.88 Å². The van der Waals surface area contributed by atoms with Crippen LogP contribution in [0.3, 0.4) is 0 Å². The molecular weight excluding hydrogens is 474 g/mol. The van der Waals surface area contributed by atoms with E-state index in [2.05, 4.69) is 10.2 Å². The second-order valence-corrected chi connectivity index (χ2v) is 9.31. The van der Waals surface area contributed by atoms with Crippen LogP contribution in [0.4, 0.5) is 17.1 Å². The van der Waals surface area contributed by atoms with E-state index in [1.807, 2.05) is 0 Å². The number of para-hydroxylation sites is 1. The third kappa shape index (κ3) is 4.59. The van der Waals surface area contributed by atoms with Crippen molar-refractivity contribution in [3.8, 4) is 5.88 Å². The van der Waals surface area contributed by atoms with Gasteiger partial charge in [0.05, 0.1) is 21.0 Å². The number of aryl methyl sites for hydroxylation is 1. The van der Waals surface area contributed by atoms with Crippen molar-refractivity contribution in [3.05, 3.63) is 89.0 Å². The predicted octanol–water partition coefficient (Wildman–Crippen LogP) is 4.30. The zero-order valence-electron chi connectivity index (χ0n) is 18.3. The van der Waals surface area contributed by atoms with Gasteiger partial charge in [-0.25, -0.2) is 8.42 Å². The quantitative estimate of drug-likeness (QED) is 0.231. The molecule has 0 unspecified atom stereocenters. The third-order valence-electron chi connectivity index (χ3n) is 5.25. The van der Waals surface area contributed by atoms with Crippen molar-refractivity contribution < 1.29 is 23.2 Å². The molecule has 4 rings (SSSR count). The zero-order chi connectivity index (χ0) is 25.2. The molecule has 0 aliphatic heterocycles. The number of aromatic hydroxyl groups is 1. The summed E-state index contributed by atoms with van der Waals surface area (Å²) in [5, 5.41) is 29.7. The van der Waals surface area contributed by atoms with E-state index >= 15 is 0 Å². The Kier molecular flexibility index (Phi) is 6.30. The van der Waals surface area contributed by atoms with Gasteiger partial charge < -0.3 is 9.67 Å². The summed E-state index contributed by atoms with van der Waals surface area (Å²) in [6.07, 6.45) is 0. The highest BCUT2D eigenvalue weighted by Crippen LogP contribution is 2.37. The normalized spacial score (nSPS) is 11.7. The number of hydrogen-bond donors (Lipinski definition) is 1. The molecule has 1 aromatic heterocycles. The minimum atomic E-state index is -4.28. The summed E-state index contributed by atoms with van der Waals surface area (Å²) in [7, 11) is -2.66. The number of amides is 1. The topological polar surface area (TPSA) is 147 Å². The number of aromatic nitrogens is 1. The fourth-order valence-electron chi connectivity index (χ4n) is 3.52. The number of nitro benzene ring substituents is 1. The van der Waals surface area contributed by atoms with Crippen molar-refractivity contribution in [2.24, 2.45) is 17.3 Å². The van der Waals surface area contributed by atoms with Gasteiger partial charge >= 0.3 is 0 Å². The number of hydrogen-bond acceptors (Lipinski definition) is 7. The van der Waals surface area contributed by atoms with Crippen LogP contribution in [0.1, 0.15) is 0 Å². The van der Waals surface area contributed by atoms with Crippen molar-refractivity contribution in [1.82, 2.24) is 4.57 Å². The molecule has 11 nitrogen and oxygen atoms in total. The average Bonchev–Trinajstić information content (AvgIpc) is 3.11. The second-order valence-electron chi connectivity index (χ2n) is 7.44. The first-order valence-electron chi connectivity index (χ1n) is 10.2. The molecule has 0 bridgehead atoms. The molecule has 0 radical (unpaired) electrons. The van der Waals surface area contributed by atoms with E-state index in [1.54, 1.807) is 37.4 Å². The van der Waals surface area contributed by atoms with Crippen molar-refractivity contribution in [3.63, 3.8) is 0 Å². The summed E-state index contributed by atoms with van der Waals surface area (Å²) in [5.41, 5.74) is 0.297. The fourth-order valence-corrected chi connectivity index (χ4v) is 4.94. The molecule has 0 fully saturated rings. The highest BCUT2D eigenvalue weighted by molar-refractivity contribution is 7.92. The molecule has 1 amide bonds. The Balaban J connectivity index is 1.72. The molecule has 0 saturated carbocycles. The monoisotopic (exact) mass is 493 g/mol. The SMILES string of the molecule is Cn1c(O)c(N=NC(=O)CN(c2cccc([N+](=O)[O-])c2)S(=O)(=O)c2ccccc2)c2ccccc21. The maximum Gasteiger partial charge on any atom is 0.285 e. The van der Waals surface area contributed by atoms with Gasteiger partial charge in [-0.1, -0.05) is 42.5 Å². The number of nitro groups is 1. The lowest BCUT2D eigenvalue weighted by molar-refractivity contribution is -0.384. The molecular formula is C23H19N5O6S. The first-order chi connectivity index (χ1) is 16.7. The van der Waals surface area contributed by atoms with Gasteiger partial charge in [-0.15, -0.1) is 10.2 Å². The van der Waals surface area contributed by atoms with E-state index in [4.69, 9.17) is 0 Å². The maximum absolute atomic E-state index is 13.3. The number of non-ortho nitro benzene ring substituents is 1. The number of azo groups is 1. The molecule has 1 heterocycles. The van der Waals surface area contributed by atoms with Crippen LogP contribution >= 0.6 is 0 Å². The van der Waals surface area contributed by atoms with E-state index in [0.29, 0.717) is 10.9 Å². The predicted molar refractivity (Wildman–Crippen MR) is 128 cm³/mol. The Morgan fingerprint density at radius 2 is 1.74 bits per heavy atom. The van der Waals surface area contributed by atoms with Crippen LogP contribution in [-0.2, 0) is 21.9 Å². The van der Waals surface area contributed by atoms with Crippen LogP contribution in [0.5, 0.6) is 5.88 Å². The molecule has 0 spiro atoms. The van der Waals surface area contributed by atoms with Crippen molar-refractivity contribution in [1.29, 1.82) is 0 Å². The van der Waals surface area contributed by atoms with Crippen LogP contribution in [-0.4, -0.2) is 35.5 Å². The van der Waals surface area contributed by atoms with E-state index in [0.717, 1.165) is 10.4 Å². The first kappa shape index (κ1) is 23.6. The lowest BCUT2D eigenvalue weighted by atomic mass is 10.2. The minimum absolute atomic E-state index is 0.0595. The molecule has 0 aliphatic rings. The molecule has 178 valence electrons. The van der Waals surface area contributed by atoms with Gasteiger partial charge in [-0.3, -0.25) is 19.2 Å². The highest BCUT2D eigenvalue weighted by Gasteiger charge is 2.28. The number of carbonyl (C=O) groups is 1. The number of benzene rings is 3. The van der Waals surface area contributed by atoms with Crippen molar-refractivity contribution in [2.45, 2.75) is 4.90 Å². The first-order valence-corrected chi connectivity index (χ1v) is 11.7. The number of carbonyl (C=O) groups excluding carboxylic acids is 1. The standard InChI is InChI=1S/C23H19N5O6S/c1-26-20-13-6-5-12-19(20)22(23(26)30)25-24-21(29)15-27(16-8-7-9-17(14-16)28(31)32)35(33,34)18-10-3-2-4-11-18/h2-14,30H,15H2,1H3. The average molecular weight is 494 g/mol. The van der Waals surface area contributed by atoms with Crippen LogP contribution in [0.15, 0.2) is 94.0 Å². The number of nitrogens with zero attached hydrogens (tertiary/aromatic N) is 5. The summed E-state index contributed by atoms with van der Waals surface area (Å²) in [5.74, 6) is -1.15. The summed E-state index contributed by atoms with van der Waals surface area (Å²) in [6, 6.07) is 19.3. The lowest BCUT2D eigenvalue weighted by Crippen LogP contribution is -2.35. The number of sulfonamides is 1. The summed E-state index contributed by atoms with van der Waals surface area (Å²) in [4.78, 5) is 23.2. The Bertz CT molecular complexity index is 1560. The molecule has 1 N–H and O–H groups in total. The van der Waals surface area contributed by atoms with Gasteiger partial charge in [0.15, 0.2) is 5.69 Å². The summed E-state index contributed by atoms with van der Waals surface area (Å²) < 4.78 is 28.9. The van der Waals surface area contributed by atoms with E-state index in [9.17, 15) is 28.4 Å². The molecule has 3 aromatic carbocycles. The van der Waals surface area contributed by atoms with E-state index in [-0.39, 0.29) is 27.8 Å². The fraction of sp³-hybridized carbons (Fsp3) is 0.0870. The molecule has 35 heavy (non-hydrogen) atoms. The minimum Gasteiger partial charge on any atom is -0.493 e. The second kappa shape index (κ2) is 9.35. The Hall–Kier alpha value is -4.58. The number of rotatable bonds is 7. The molecule has 0 saturated heterocycles. The molecule has 0 aliphatic carbocycles. The Morgan fingerprint density at radius 3 is 2.46 bits per heavy atom. The van der Waals surface area contributed by atoms with Gasteiger partial charge in [-0.05, 0) is 24.3 Å².